The van der Waals surface area contributed by atoms with Crippen LogP contribution in [0.25, 0.3) is 0 Å². The Hall–Kier alpha value is -0.0800. The third kappa shape index (κ3) is 6.49. The minimum Gasteiger partial charge on any atom is -0.329 e. The Morgan fingerprint density at radius 2 is 1.19 bits per heavy atom. The molecule has 0 radical (unpaired) electrons. The smallest absolute Gasteiger partial charge is 0.0110 e. The Labute approximate surface area is 103 Å². The topological polar surface area (TPSA) is 29.3 Å². The van der Waals surface area contributed by atoms with Crippen molar-refractivity contribution in [2.75, 3.05) is 13.1 Å². The van der Waals surface area contributed by atoms with Crippen molar-refractivity contribution in [2.45, 2.75) is 66.5 Å². The van der Waals surface area contributed by atoms with Crippen LogP contribution in [0.15, 0.2) is 0 Å². The van der Waals surface area contributed by atoms with Crippen LogP contribution >= 0.6 is 0 Å². The van der Waals surface area contributed by atoms with E-state index in [0.29, 0.717) is 12.1 Å². The van der Waals surface area contributed by atoms with Gasteiger partial charge in [-0.15, -0.1) is 0 Å². The Bertz CT molecular complexity index is 150. The average molecular weight is 228 g/mol. The van der Waals surface area contributed by atoms with Gasteiger partial charge in [-0.1, -0.05) is 27.7 Å². The van der Waals surface area contributed by atoms with E-state index in [1.807, 2.05) is 0 Å². The van der Waals surface area contributed by atoms with E-state index in [1.165, 1.54) is 12.8 Å². The molecule has 0 aliphatic carbocycles. The standard InChI is InChI=1S/C14H32N2/c1-11(2)9-13(5)16(8-7-15)14(6)10-12(3)4/h11-14H,7-10,15H2,1-6H3. The van der Waals surface area contributed by atoms with Gasteiger partial charge in [0.1, 0.15) is 0 Å². The second-order valence-corrected chi connectivity index (χ2v) is 5.98. The van der Waals surface area contributed by atoms with Gasteiger partial charge in [0.15, 0.2) is 0 Å². The quantitative estimate of drug-likeness (QED) is 0.691. The zero-order valence-corrected chi connectivity index (χ0v) is 12.2. The Balaban J connectivity index is 4.33. The van der Waals surface area contributed by atoms with Crippen LogP contribution in [-0.4, -0.2) is 30.1 Å². The summed E-state index contributed by atoms with van der Waals surface area (Å²) in [4.78, 5) is 2.58. The van der Waals surface area contributed by atoms with Gasteiger partial charge >= 0.3 is 0 Å². The lowest BCUT2D eigenvalue weighted by atomic mass is 9.98. The Kier molecular flexibility index (Phi) is 8.04. The maximum atomic E-state index is 5.72. The predicted octanol–water partition coefficient (Wildman–Crippen LogP) is 3.12. The van der Waals surface area contributed by atoms with Crippen molar-refractivity contribution in [3.05, 3.63) is 0 Å². The minimum atomic E-state index is 0.650. The van der Waals surface area contributed by atoms with Gasteiger partial charge in [-0.25, -0.2) is 0 Å². The fraction of sp³-hybridized carbons (Fsp3) is 1.00. The zero-order chi connectivity index (χ0) is 12.7. The third-order valence-electron chi connectivity index (χ3n) is 3.14. The van der Waals surface area contributed by atoms with Crippen molar-refractivity contribution in [1.82, 2.24) is 4.90 Å². The van der Waals surface area contributed by atoms with Crippen molar-refractivity contribution in [1.29, 1.82) is 0 Å². The van der Waals surface area contributed by atoms with Gasteiger partial charge in [0, 0.05) is 25.2 Å². The van der Waals surface area contributed by atoms with E-state index in [2.05, 4.69) is 46.4 Å². The molecule has 0 heterocycles. The molecule has 0 aliphatic heterocycles. The number of nitrogens with zero attached hydrogens (tertiary/aromatic N) is 1. The second kappa shape index (κ2) is 8.08. The highest BCUT2D eigenvalue weighted by atomic mass is 15.2. The molecule has 0 saturated heterocycles. The summed E-state index contributed by atoms with van der Waals surface area (Å²) in [6.07, 6.45) is 2.53. The number of hydrogen-bond acceptors (Lipinski definition) is 2. The molecule has 2 unspecified atom stereocenters. The summed E-state index contributed by atoms with van der Waals surface area (Å²) in [5, 5.41) is 0. The molecule has 0 bridgehead atoms. The summed E-state index contributed by atoms with van der Waals surface area (Å²) < 4.78 is 0. The van der Waals surface area contributed by atoms with Crippen LogP contribution in [0.3, 0.4) is 0 Å². The van der Waals surface area contributed by atoms with Gasteiger partial charge in [-0.3, -0.25) is 4.90 Å². The monoisotopic (exact) mass is 228 g/mol. The summed E-state index contributed by atoms with van der Waals surface area (Å²) in [6.45, 7) is 15.7. The van der Waals surface area contributed by atoms with Crippen LogP contribution < -0.4 is 5.73 Å². The fourth-order valence-electron chi connectivity index (χ4n) is 2.66. The summed E-state index contributed by atoms with van der Waals surface area (Å²) in [5.74, 6) is 1.53. The van der Waals surface area contributed by atoms with Crippen LogP contribution in [0.1, 0.15) is 54.4 Å². The van der Waals surface area contributed by atoms with Crippen molar-refractivity contribution < 1.29 is 0 Å². The van der Waals surface area contributed by atoms with E-state index in [9.17, 15) is 0 Å². The first-order valence-electron chi connectivity index (χ1n) is 6.84. The summed E-state index contributed by atoms with van der Waals surface area (Å²) in [7, 11) is 0. The molecule has 98 valence electrons. The van der Waals surface area contributed by atoms with Gasteiger partial charge in [-0.05, 0) is 38.5 Å². The molecule has 0 amide bonds. The Morgan fingerprint density at radius 1 is 0.812 bits per heavy atom. The predicted molar refractivity (Wildman–Crippen MR) is 73.6 cm³/mol. The van der Waals surface area contributed by atoms with Gasteiger partial charge in [-0.2, -0.15) is 0 Å². The molecule has 0 rings (SSSR count). The van der Waals surface area contributed by atoms with E-state index < -0.39 is 0 Å². The first-order chi connectivity index (χ1) is 7.38. The van der Waals surface area contributed by atoms with Crippen LogP contribution in [0, 0.1) is 11.8 Å². The molecule has 16 heavy (non-hydrogen) atoms. The zero-order valence-electron chi connectivity index (χ0n) is 12.2. The van der Waals surface area contributed by atoms with Gasteiger partial charge < -0.3 is 5.73 Å². The maximum Gasteiger partial charge on any atom is 0.0110 e. The number of hydrogen-bond donors (Lipinski definition) is 1. The summed E-state index contributed by atoms with van der Waals surface area (Å²) in [6, 6.07) is 1.30. The lowest BCUT2D eigenvalue weighted by molar-refractivity contribution is 0.126. The number of nitrogens with two attached hydrogens (primary N) is 1. The van der Waals surface area contributed by atoms with Gasteiger partial charge in [0.2, 0.25) is 0 Å². The number of rotatable bonds is 8. The fourth-order valence-corrected chi connectivity index (χ4v) is 2.66. The normalized spacial score (nSPS) is 16.1. The Morgan fingerprint density at radius 3 is 1.44 bits per heavy atom. The van der Waals surface area contributed by atoms with Crippen molar-refractivity contribution >= 4 is 0 Å². The van der Waals surface area contributed by atoms with Crippen LogP contribution in [0.2, 0.25) is 0 Å². The highest BCUT2D eigenvalue weighted by Crippen LogP contribution is 2.18. The lowest BCUT2D eigenvalue weighted by Gasteiger charge is -2.36. The molecule has 0 aliphatic rings. The molecule has 0 aromatic carbocycles. The van der Waals surface area contributed by atoms with Crippen LogP contribution in [0.4, 0.5) is 0 Å². The SMILES string of the molecule is CC(C)CC(C)N(CCN)C(C)CC(C)C. The highest BCUT2D eigenvalue weighted by Gasteiger charge is 2.20. The highest BCUT2D eigenvalue weighted by molar-refractivity contribution is 4.76. The maximum absolute atomic E-state index is 5.72. The third-order valence-corrected chi connectivity index (χ3v) is 3.14. The average Bonchev–Trinajstić information content (AvgIpc) is 2.11. The molecule has 0 aromatic heterocycles. The van der Waals surface area contributed by atoms with E-state index in [1.54, 1.807) is 0 Å². The molecule has 2 N–H and O–H groups in total. The van der Waals surface area contributed by atoms with Crippen LogP contribution in [0.5, 0.6) is 0 Å². The lowest BCUT2D eigenvalue weighted by Crippen LogP contribution is -2.44. The molecule has 2 nitrogen and oxygen atoms in total. The molecule has 0 fully saturated rings. The van der Waals surface area contributed by atoms with Crippen molar-refractivity contribution in [3.8, 4) is 0 Å². The molecule has 2 heteroatoms. The molecular formula is C14H32N2. The summed E-state index contributed by atoms with van der Waals surface area (Å²) in [5.41, 5.74) is 5.72. The van der Waals surface area contributed by atoms with Crippen molar-refractivity contribution in [3.63, 3.8) is 0 Å². The van der Waals surface area contributed by atoms with E-state index in [0.717, 1.165) is 24.9 Å². The first kappa shape index (κ1) is 15.9. The molecule has 0 saturated carbocycles. The molecule has 0 aromatic rings. The molecular weight excluding hydrogens is 196 g/mol. The van der Waals surface area contributed by atoms with Crippen LogP contribution in [-0.2, 0) is 0 Å². The van der Waals surface area contributed by atoms with Crippen molar-refractivity contribution in [2.24, 2.45) is 17.6 Å². The minimum absolute atomic E-state index is 0.650. The molecule has 2 atom stereocenters. The molecule has 0 spiro atoms. The summed E-state index contributed by atoms with van der Waals surface area (Å²) >= 11 is 0. The van der Waals surface area contributed by atoms with Gasteiger partial charge in [0.05, 0.1) is 0 Å². The van der Waals surface area contributed by atoms with E-state index in [-0.39, 0.29) is 0 Å². The van der Waals surface area contributed by atoms with E-state index in [4.69, 9.17) is 5.73 Å². The first-order valence-corrected chi connectivity index (χ1v) is 6.84. The second-order valence-electron chi connectivity index (χ2n) is 5.98. The van der Waals surface area contributed by atoms with Gasteiger partial charge in [0.25, 0.3) is 0 Å². The van der Waals surface area contributed by atoms with E-state index >= 15 is 0 Å². The largest absolute Gasteiger partial charge is 0.329 e.